The van der Waals surface area contributed by atoms with Crippen LogP contribution in [-0.2, 0) is 21.3 Å². The smallest absolute Gasteiger partial charge is 0.245 e. The maximum Gasteiger partial charge on any atom is 0.245 e. The molecule has 0 aromatic carbocycles. The number of nitrogens with zero attached hydrogens (tertiary/aromatic N) is 2. The number of hydrogen-bond acceptors (Lipinski definition) is 5. The number of hydrogen-bond donors (Lipinski definition) is 1. The van der Waals surface area contributed by atoms with Crippen molar-refractivity contribution in [3.63, 3.8) is 0 Å². The molecule has 0 amide bonds. The third-order valence-electron chi connectivity index (χ3n) is 2.84. The summed E-state index contributed by atoms with van der Waals surface area (Å²) in [7, 11) is -3.52. The molecule has 0 atom stereocenters. The zero-order valence-corrected chi connectivity index (χ0v) is 10.9. The molecule has 1 fully saturated rings. The SMILES string of the molecule is NCc1ncccc1S(=O)(=O)N1CCCOCC1. The Bertz CT molecular complexity index is 496. The van der Waals surface area contributed by atoms with Crippen molar-refractivity contribution in [3.05, 3.63) is 24.0 Å². The molecule has 0 radical (unpaired) electrons. The Morgan fingerprint density at radius 2 is 2.22 bits per heavy atom. The van der Waals surface area contributed by atoms with E-state index in [2.05, 4.69) is 4.98 Å². The monoisotopic (exact) mass is 271 g/mol. The van der Waals surface area contributed by atoms with Crippen molar-refractivity contribution in [2.24, 2.45) is 5.73 Å². The molecule has 1 aliphatic heterocycles. The zero-order chi connectivity index (χ0) is 13.0. The maximum atomic E-state index is 12.5. The first kappa shape index (κ1) is 13.4. The molecule has 7 heteroatoms. The van der Waals surface area contributed by atoms with Crippen molar-refractivity contribution in [1.82, 2.24) is 9.29 Å². The standard InChI is InChI=1S/C11H17N3O3S/c12-9-10-11(3-1-4-13-10)18(15,16)14-5-2-7-17-8-6-14/h1,3-4H,2,5-9,12H2. The Morgan fingerprint density at radius 3 is 3.00 bits per heavy atom. The summed E-state index contributed by atoms with van der Waals surface area (Å²) in [6.45, 7) is 1.99. The van der Waals surface area contributed by atoms with Crippen molar-refractivity contribution in [2.75, 3.05) is 26.3 Å². The minimum Gasteiger partial charge on any atom is -0.380 e. The van der Waals surface area contributed by atoms with Crippen LogP contribution in [-0.4, -0.2) is 44.0 Å². The van der Waals surface area contributed by atoms with E-state index in [4.69, 9.17) is 10.5 Å². The highest BCUT2D eigenvalue weighted by molar-refractivity contribution is 7.89. The Morgan fingerprint density at radius 1 is 1.39 bits per heavy atom. The number of aromatic nitrogens is 1. The summed E-state index contributed by atoms with van der Waals surface area (Å²) in [5, 5.41) is 0. The molecule has 1 saturated heterocycles. The minimum absolute atomic E-state index is 0.111. The minimum atomic E-state index is -3.52. The number of nitrogens with two attached hydrogens (primary N) is 1. The molecule has 2 rings (SSSR count). The van der Waals surface area contributed by atoms with Crippen molar-refractivity contribution < 1.29 is 13.2 Å². The van der Waals surface area contributed by atoms with Gasteiger partial charge >= 0.3 is 0 Å². The van der Waals surface area contributed by atoms with Crippen LogP contribution in [0.5, 0.6) is 0 Å². The average Bonchev–Trinajstić information content (AvgIpc) is 2.68. The van der Waals surface area contributed by atoms with Gasteiger partial charge in [-0.3, -0.25) is 4.98 Å². The number of pyridine rings is 1. The van der Waals surface area contributed by atoms with Crippen molar-refractivity contribution in [3.8, 4) is 0 Å². The molecule has 1 aromatic heterocycles. The van der Waals surface area contributed by atoms with Gasteiger partial charge in [0, 0.05) is 32.4 Å². The van der Waals surface area contributed by atoms with Crippen LogP contribution in [0.2, 0.25) is 0 Å². The van der Waals surface area contributed by atoms with E-state index in [0.717, 1.165) is 0 Å². The van der Waals surface area contributed by atoms with Crippen LogP contribution in [0.25, 0.3) is 0 Å². The summed E-state index contributed by atoms with van der Waals surface area (Å²) in [5.41, 5.74) is 5.94. The van der Waals surface area contributed by atoms with Crippen molar-refractivity contribution in [2.45, 2.75) is 17.9 Å². The van der Waals surface area contributed by atoms with Gasteiger partial charge in [-0.25, -0.2) is 8.42 Å². The topological polar surface area (TPSA) is 85.5 Å². The predicted molar refractivity (Wildman–Crippen MR) is 66.3 cm³/mol. The second-order valence-electron chi connectivity index (χ2n) is 4.02. The van der Waals surface area contributed by atoms with Crippen LogP contribution in [0.15, 0.2) is 23.2 Å². The fourth-order valence-corrected chi connectivity index (χ4v) is 3.56. The molecular formula is C11H17N3O3S. The van der Waals surface area contributed by atoms with Crippen molar-refractivity contribution in [1.29, 1.82) is 0 Å². The second-order valence-corrected chi connectivity index (χ2v) is 5.93. The molecule has 0 saturated carbocycles. The molecule has 2 N–H and O–H groups in total. The lowest BCUT2D eigenvalue weighted by molar-refractivity contribution is 0.148. The third-order valence-corrected chi connectivity index (χ3v) is 4.81. The first-order valence-corrected chi connectivity index (χ1v) is 7.32. The first-order chi connectivity index (χ1) is 8.66. The largest absolute Gasteiger partial charge is 0.380 e. The summed E-state index contributed by atoms with van der Waals surface area (Å²) in [6, 6.07) is 3.16. The second kappa shape index (κ2) is 5.75. The Hall–Kier alpha value is -1.02. The van der Waals surface area contributed by atoms with Crippen molar-refractivity contribution >= 4 is 10.0 Å². The van der Waals surface area contributed by atoms with E-state index < -0.39 is 10.0 Å². The molecule has 1 aliphatic rings. The highest BCUT2D eigenvalue weighted by Gasteiger charge is 2.27. The molecule has 18 heavy (non-hydrogen) atoms. The van der Waals surface area contributed by atoms with Crippen LogP contribution in [0.3, 0.4) is 0 Å². The van der Waals surface area contributed by atoms with E-state index >= 15 is 0 Å². The molecule has 1 aromatic rings. The number of ether oxygens (including phenoxy) is 1. The molecule has 0 bridgehead atoms. The Labute approximate surface area is 107 Å². The van der Waals surface area contributed by atoms with Crippen LogP contribution in [0, 0.1) is 0 Å². The van der Waals surface area contributed by atoms with Gasteiger partial charge < -0.3 is 10.5 Å². The van der Waals surface area contributed by atoms with Gasteiger partial charge in [0.05, 0.1) is 12.3 Å². The third kappa shape index (κ3) is 2.69. The van der Waals surface area contributed by atoms with Gasteiger partial charge in [0.2, 0.25) is 10.0 Å². The molecule has 6 nitrogen and oxygen atoms in total. The van der Waals surface area contributed by atoms with Crippen LogP contribution in [0.4, 0.5) is 0 Å². The van der Waals surface area contributed by atoms with Crippen LogP contribution < -0.4 is 5.73 Å². The Kier molecular flexibility index (Phi) is 4.28. The Balaban J connectivity index is 2.34. The van der Waals surface area contributed by atoms with Crippen LogP contribution in [0.1, 0.15) is 12.1 Å². The summed E-state index contributed by atoms with van der Waals surface area (Å²) in [5.74, 6) is 0. The summed E-state index contributed by atoms with van der Waals surface area (Å²) in [6.07, 6.45) is 2.25. The van der Waals surface area contributed by atoms with Gasteiger partial charge in [-0.1, -0.05) is 0 Å². The average molecular weight is 271 g/mol. The summed E-state index contributed by atoms with van der Waals surface area (Å²) in [4.78, 5) is 4.22. The lowest BCUT2D eigenvalue weighted by atomic mass is 10.3. The van der Waals surface area contributed by atoms with Gasteiger partial charge in [-0.05, 0) is 18.6 Å². The zero-order valence-electron chi connectivity index (χ0n) is 10.1. The summed E-state index contributed by atoms with van der Waals surface area (Å²) >= 11 is 0. The normalized spacial score (nSPS) is 18.5. The number of sulfonamides is 1. The molecule has 0 spiro atoms. The van der Waals surface area contributed by atoms with E-state index in [1.165, 1.54) is 4.31 Å². The first-order valence-electron chi connectivity index (χ1n) is 5.88. The van der Waals surface area contributed by atoms with E-state index in [-0.39, 0.29) is 11.4 Å². The molecule has 100 valence electrons. The molecule has 0 unspecified atom stereocenters. The van der Waals surface area contributed by atoms with Gasteiger partial charge in [0.15, 0.2) is 0 Å². The highest BCUT2D eigenvalue weighted by Crippen LogP contribution is 2.19. The van der Waals surface area contributed by atoms with E-state index in [0.29, 0.717) is 38.4 Å². The lowest BCUT2D eigenvalue weighted by Crippen LogP contribution is -2.34. The van der Waals surface area contributed by atoms with Gasteiger partial charge in [0.1, 0.15) is 4.90 Å². The number of rotatable bonds is 3. The summed E-state index contributed by atoms with van der Waals surface area (Å²) < 4.78 is 31.7. The molecular weight excluding hydrogens is 254 g/mol. The molecule has 0 aliphatic carbocycles. The van der Waals surface area contributed by atoms with Gasteiger partial charge in [-0.15, -0.1) is 0 Å². The lowest BCUT2D eigenvalue weighted by Gasteiger charge is -2.20. The van der Waals surface area contributed by atoms with Crippen LogP contribution >= 0.6 is 0 Å². The highest BCUT2D eigenvalue weighted by atomic mass is 32.2. The molecule has 2 heterocycles. The fourth-order valence-electron chi connectivity index (χ4n) is 1.91. The van der Waals surface area contributed by atoms with E-state index in [9.17, 15) is 8.42 Å². The van der Waals surface area contributed by atoms with E-state index in [1.807, 2.05) is 0 Å². The fraction of sp³-hybridized carbons (Fsp3) is 0.545. The van der Waals surface area contributed by atoms with E-state index in [1.54, 1.807) is 18.3 Å². The van der Waals surface area contributed by atoms with Gasteiger partial charge in [-0.2, -0.15) is 4.31 Å². The predicted octanol–water partition coefficient (Wildman–Crippen LogP) is -0.0487. The maximum absolute atomic E-state index is 12.5. The van der Waals surface area contributed by atoms with Gasteiger partial charge in [0.25, 0.3) is 0 Å². The quantitative estimate of drug-likeness (QED) is 0.833.